The quantitative estimate of drug-likeness (QED) is 0.463. The van der Waals surface area contributed by atoms with Crippen LogP contribution in [-0.4, -0.2) is 46.7 Å². The molecule has 186 valence electrons. The summed E-state index contributed by atoms with van der Waals surface area (Å²) in [5.41, 5.74) is 1.95. The minimum Gasteiger partial charge on any atom is -0.389 e. The second-order valence-corrected chi connectivity index (χ2v) is 9.73. The average molecular weight is 487 g/mol. The monoisotopic (exact) mass is 486 g/mol. The summed E-state index contributed by atoms with van der Waals surface area (Å²) in [6.45, 7) is 2.89. The molecule has 1 aliphatic heterocycles. The van der Waals surface area contributed by atoms with Crippen molar-refractivity contribution in [1.82, 2.24) is 15.5 Å². The number of nitrogens with zero attached hydrogens (tertiary/aromatic N) is 3. The minimum atomic E-state index is -3.08. The lowest BCUT2D eigenvalue weighted by atomic mass is 10.00. The zero-order valence-electron chi connectivity index (χ0n) is 19.6. The maximum atomic E-state index is 14.5. The molecule has 9 heteroatoms. The number of anilines is 1. The number of nitrogens with one attached hydrogen (secondary N) is 1. The second-order valence-electron chi connectivity index (χ2n) is 9.73. The molecule has 1 saturated carbocycles. The SMILES string of the molecule is CC(F)(F)c1cc(-c2noc(-c3ccc(CNCC4(O)CC4)cc3)n2)ccc1N1CCC(F)CC1. The standard InChI is InChI=1S/C26H29F3N4O2/c1-25(28,29)21-14-19(6-7-22(21)33-12-8-20(27)9-13-33)23-31-24(35-32-23)18-4-2-17(3-5-18)15-30-16-26(34)10-11-26/h2-7,14,20,30,34H,8-13,15-16H2,1H3. The van der Waals surface area contributed by atoms with E-state index in [1.807, 2.05) is 29.2 Å². The Labute approximate surface area is 202 Å². The van der Waals surface area contributed by atoms with Gasteiger partial charge in [0.1, 0.15) is 6.17 Å². The number of alkyl halides is 3. The lowest BCUT2D eigenvalue weighted by molar-refractivity contribution is 0.0179. The van der Waals surface area contributed by atoms with E-state index < -0.39 is 17.7 Å². The van der Waals surface area contributed by atoms with Gasteiger partial charge in [-0.05, 0) is 61.6 Å². The zero-order chi connectivity index (χ0) is 24.6. The van der Waals surface area contributed by atoms with E-state index in [4.69, 9.17) is 4.52 Å². The van der Waals surface area contributed by atoms with Gasteiger partial charge in [-0.25, -0.2) is 13.2 Å². The van der Waals surface area contributed by atoms with Crippen molar-refractivity contribution in [3.8, 4) is 22.8 Å². The highest BCUT2D eigenvalue weighted by Gasteiger charge is 2.39. The molecule has 2 aromatic carbocycles. The van der Waals surface area contributed by atoms with Crippen LogP contribution in [0.25, 0.3) is 22.8 Å². The van der Waals surface area contributed by atoms with Gasteiger partial charge in [0.15, 0.2) is 0 Å². The van der Waals surface area contributed by atoms with Crippen LogP contribution in [0.1, 0.15) is 43.7 Å². The summed E-state index contributed by atoms with van der Waals surface area (Å²) in [6.07, 6.45) is 1.48. The minimum absolute atomic E-state index is 0.133. The molecule has 0 unspecified atom stereocenters. The van der Waals surface area contributed by atoms with Crippen molar-refractivity contribution in [2.24, 2.45) is 0 Å². The number of piperidine rings is 1. The third-order valence-corrected chi connectivity index (χ3v) is 6.73. The molecule has 1 aliphatic carbocycles. The topological polar surface area (TPSA) is 74.4 Å². The van der Waals surface area contributed by atoms with E-state index in [0.29, 0.717) is 56.2 Å². The van der Waals surface area contributed by atoms with Crippen molar-refractivity contribution >= 4 is 5.69 Å². The lowest BCUT2D eigenvalue weighted by Gasteiger charge is -2.33. The normalized spacial score (nSPS) is 18.1. The van der Waals surface area contributed by atoms with Crippen molar-refractivity contribution < 1.29 is 22.8 Å². The Morgan fingerprint density at radius 1 is 1.11 bits per heavy atom. The number of hydrogen-bond acceptors (Lipinski definition) is 6. The fourth-order valence-electron chi connectivity index (χ4n) is 4.38. The van der Waals surface area contributed by atoms with E-state index in [2.05, 4.69) is 15.5 Å². The van der Waals surface area contributed by atoms with Gasteiger partial charge in [-0.1, -0.05) is 17.3 Å². The largest absolute Gasteiger partial charge is 0.389 e. The highest BCUT2D eigenvalue weighted by Crippen LogP contribution is 2.39. The third kappa shape index (κ3) is 5.51. The summed E-state index contributed by atoms with van der Waals surface area (Å²) in [7, 11) is 0. The Kier molecular flexibility index (Phi) is 6.31. The fraction of sp³-hybridized carbons (Fsp3) is 0.462. The van der Waals surface area contributed by atoms with Crippen molar-refractivity contribution in [3.63, 3.8) is 0 Å². The molecule has 1 aromatic heterocycles. The third-order valence-electron chi connectivity index (χ3n) is 6.73. The van der Waals surface area contributed by atoms with E-state index in [9.17, 15) is 18.3 Å². The summed E-state index contributed by atoms with van der Waals surface area (Å²) in [4.78, 5) is 6.24. The second kappa shape index (κ2) is 9.28. The molecule has 3 aromatic rings. The summed E-state index contributed by atoms with van der Waals surface area (Å²) in [6, 6.07) is 12.3. The summed E-state index contributed by atoms with van der Waals surface area (Å²) in [5.74, 6) is -2.56. The average Bonchev–Trinajstić information content (AvgIpc) is 3.37. The first-order chi connectivity index (χ1) is 16.7. The summed E-state index contributed by atoms with van der Waals surface area (Å²) >= 11 is 0. The van der Waals surface area contributed by atoms with Crippen LogP contribution < -0.4 is 10.2 Å². The van der Waals surface area contributed by atoms with Crippen LogP contribution >= 0.6 is 0 Å². The van der Waals surface area contributed by atoms with Gasteiger partial charge in [-0.2, -0.15) is 4.98 Å². The van der Waals surface area contributed by atoms with Crippen molar-refractivity contribution in [2.45, 2.75) is 56.8 Å². The van der Waals surface area contributed by atoms with E-state index in [1.54, 1.807) is 12.1 Å². The van der Waals surface area contributed by atoms with Gasteiger partial charge in [0, 0.05) is 55.5 Å². The molecule has 2 N–H and O–H groups in total. The number of hydrogen-bond donors (Lipinski definition) is 2. The van der Waals surface area contributed by atoms with Gasteiger partial charge in [0.25, 0.3) is 11.8 Å². The van der Waals surface area contributed by atoms with Crippen molar-refractivity contribution in [1.29, 1.82) is 0 Å². The molecule has 35 heavy (non-hydrogen) atoms. The Bertz CT molecular complexity index is 1160. The zero-order valence-corrected chi connectivity index (χ0v) is 19.6. The summed E-state index contributed by atoms with van der Waals surface area (Å²) in [5, 5.41) is 17.2. The molecular formula is C26H29F3N4O2. The van der Waals surface area contributed by atoms with Gasteiger partial charge in [0.2, 0.25) is 5.82 Å². The van der Waals surface area contributed by atoms with Crippen LogP contribution in [0, 0.1) is 0 Å². The lowest BCUT2D eigenvalue weighted by Crippen LogP contribution is -2.35. The molecule has 5 rings (SSSR count). The van der Waals surface area contributed by atoms with Crippen LogP contribution in [0.15, 0.2) is 47.0 Å². The van der Waals surface area contributed by atoms with Crippen LogP contribution in [0.3, 0.4) is 0 Å². The Morgan fingerprint density at radius 3 is 2.46 bits per heavy atom. The molecule has 0 atom stereocenters. The molecule has 2 fully saturated rings. The van der Waals surface area contributed by atoms with Gasteiger partial charge in [0.05, 0.1) is 5.60 Å². The molecular weight excluding hydrogens is 457 g/mol. The molecule has 0 bridgehead atoms. The molecule has 2 heterocycles. The molecule has 6 nitrogen and oxygen atoms in total. The maximum absolute atomic E-state index is 14.5. The maximum Gasteiger partial charge on any atom is 0.272 e. The number of halogens is 3. The van der Waals surface area contributed by atoms with E-state index in [0.717, 1.165) is 30.9 Å². The molecule has 1 saturated heterocycles. The van der Waals surface area contributed by atoms with Gasteiger partial charge in [-0.3, -0.25) is 0 Å². The predicted molar refractivity (Wildman–Crippen MR) is 127 cm³/mol. The fourth-order valence-corrected chi connectivity index (χ4v) is 4.38. The Morgan fingerprint density at radius 2 is 1.80 bits per heavy atom. The van der Waals surface area contributed by atoms with Crippen LogP contribution in [0.4, 0.5) is 18.9 Å². The van der Waals surface area contributed by atoms with Crippen LogP contribution in [0.2, 0.25) is 0 Å². The van der Waals surface area contributed by atoms with Crippen molar-refractivity contribution in [2.75, 3.05) is 24.5 Å². The predicted octanol–water partition coefficient (Wildman–Crippen LogP) is 5.07. The first-order valence-corrected chi connectivity index (χ1v) is 12.0. The number of aliphatic hydroxyl groups is 1. The van der Waals surface area contributed by atoms with Gasteiger partial charge in [-0.15, -0.1) is 0 Å². The number of aromatic nitrogens is 2. The highest BCUT2D eigenvalue weighted by atomic mass is 19.3. The smallest absolute Gasteiger partial charge is 0.272 e. The first-order valence-electron chi connectivity index (χ1n) is 12.0. The number of benzene rings is 2. The molecule has 0 radical (unpaired) electrons. The van der Waals surface area contributed by atoms with Crippen LogP contribution in [0.5, 0.6) is 0 Å². The highest BCUT2D eigenvalue weighted by molar-refractivity contribution is 5.67. The van der Waals surface area contributed by atoms with E-state index >= 15 is 0 Å². The van der Waals surface area contributed by atoms with Gasteiger partial charge < -0.3 is 19.8 Å². The van der Waals surface area contributed by atoms with Crippen LogP contribution in [-0.2, 0) is 12.5 Å². The Hall–Kier alpha value is -2.91. The molecule has 0 amide bonds. The summed E-state index contributed by atoms with van der Waals surface area (Å²) < 4.78 is 48.0. The molecule has 2 aliphatic rings. The van der Waals surface area contributed by atoms with E-state index in [1.165, 1.54) is 6.07 Å². The molecule has 0 spiro atoms. The van der Waals surface area contributed by atoms with E-state index in [-0.39, 0.29) is 11.4 Å². The van der Waals surface area contributed by atoms with Gasteiger partial charge >= 0.3 is 0 Å². The Balaban J connectivity index is 1.32. The van der Waals surface area contributed by atoms with Crippen molar-refractivity contribution in [3.05, 3.63) is 53.6 Å². The number of rotatable bonds is 8. The first kappa shape index (κ1) is 23.8.